The summed E-state index contributed by atoms with van der Waals surface area (Å²) in [4.78, 5) is 27.6. The average molecular weight is 414 g/mol. The molecule has 0 aromatic heterocycles. The van der Waals surface area contributed by atoms with Gasteiger partial charge >= 0.3 is 0 Å². The summed E-state index contributed by atoms with van der Waals surface area (Å²) in [5.41, 5.74) is 0.290. The topological polar surface area (TPSA) is 69.7 Å². The predicted octanol–water partition coefficient (Wildman–Crippen LogP) is 5.61. The van der Waals surface area contributed by atoms with E-state index in [9.17, 15) is 14.2 Å². The lowest BCUT2D eigenvalue weighted by Crippen LogP contribution is -2.22. The van der Waals surface area contributed by atoms with Crippen molar-refractivity contribution in [3.05, 3.63) is 58.7 Å². The largest absolute Gasteiger partial charge is 0.496 e. The van der Waals surface area contributed by atoms with Gasteiger partial charge in [0.05, 0.1) is 14.2 Å². The van der Waals surface area contributed by atoms with Crippen molar-refractivity contribution in [2.75, 3.05) is 14.2 Å². The molecule has 1 saturated carbocycles. The van der Waals surface area contributed by atoms with Gasteiger partial charge in [0.15, 0.2) is 0 Å². The second-order valence-electron chi connectivity index (χ2n) is 7.51. The molecule has 0 aliphatic heterocycles. The van der Waals surface area contributed by atoms with E-state index < -0.39 is 23.8 Å². The predicted molar refractivity (Wildman–Crippen MR) is 114 cm³/mol. The van der Waals surface area contributed by atoms with Crippen LogP contribution in [0.1, 0.15) is 57.5 Å². The first-order chi connectivity index (χ1) is 13.9. The minimum atomic E-state index is -3.96. The maximum absolute atomic E-state index is 14.4. The first-order valence-corrected chi connectivity index (χ1v) is 11.6. The molecule has 29 heavy (non-hydrogen) atoms. The normalized spacial score (nSPS) is 16.3. The summed E-state index contributed by atoms with van der Waals surface area (Å²) in [6.07, 6.45) is 2.95. The summed E-state index contributed by atoms with van der Waals surface area (Å²) in [5.74, 6) is 0.531. The number of hydrogen-bond donors (Lipinski definition) is 0. The van der Waals surface area contributed by atoms with Gasteiger partial charge in [-0.1, -0.05) is 37.1 Å². The number of carbonyl (C=O) groups excluding carboxylic acids is 2. The number of hydrogen-bond acceptors (Lipinski definition) is 5. The maximum atomic E-state index is 14.4. The van der Waals surface area contributed by atoms with Crippen LogP contribution in [-0.4, -0.2) is 30.9 Å². The minimum Gasteiger partial charge on any atom is -0.496 e. The van der Waals surface area contributed by atoms with Gasteiger partial charge in [-0.25, -0.2) is 0 Å². The van der Waals surface area contributed by atoms with Gasteiger partial charge in [-0.2, -0.15) is 0 Å². The van der Waals surface area contributed by atoms with Crippen molar-refractivity contribution < 1.29 is 23.6 Å². The molecule has 1 unspecified atom stereocenters. The summed E-state index contributed by atoms with van der Waals surface area (Å²) < 4.78 is 25.2. The van der Waals surface area contributed by atoms with Crippen LogP contribution < -0.4 is 9.47 Å². The van der Waals surface area contributed by atoms with E-state index in [2.05, 4.69) is 0 Å². The van der Waals surface area contributed by atoms with Gasteiger partial charge in [-0.15, -0.1) is 0 Å². The third-order valence-corrected chi connectivity index (χ3v) is 8.98. The van der Waals surface area contributed by atoms with Crippen LogP contribution in [0.3, 0.4) is 0 Å². The number of methoxy groups -OCH3 is 2. The van der Waals surface area contributed by atoms with Crippen molar-refractivity contribution in [2.24, 2.45) is 0 Å². The molecule has 0 spiro atoms. The number of ether oxygens (including phenoxy) is 2. The van der Waals surface area contributed by atoms with Gasteiger partial charge in [0.2, 0.25) is 18.2 Å². The van der Waals surface area contributed by atoms with Crippen molar-refractivity contribution >= 4 is 18.2 Å². The molecular formula is C23H27O5P. The summed E-state index contributed by atoms with van der Waals surface area (Å²) >= 11 is 0. The second kappa shape index (κ2) is 8.54. The zero-order chi connectivity index (χ0) is 21.2. The zero-order valence-corrected chi connectivity index (χ0v) is 18.3. The fourth-order valence-electron chi connectivity index (χ4n) is 4.24. The quantitative estimate of drug-likeness (QED) is 0.551. The van der Waals surface area contributed by atoms with Crippen molar-refractivity contribution in [3.8, 4) is 11.5 Å². The van der Waals surface area contributed by atoms with Gasteiger partial charge in [0.25, 0.3) is 0 Å². The number of benzene rings is 2. The van der Waals surface area contributed by atoms with Crippen LogP contribution in [0.4, 0.5) is 0 Å². The Kier molecular flexibility index (Phi) is 6.28. The van der Waals surface area contributed by atoms with E-state index in [1.807, 2.05) is 32.0 Å². The van der Waals surface area contributed by atoms with Gasteiger partial charge in [-0.05, 0) is 49.9 Å². The third-order valence-electron chi connectivity index (χ3n) is 5.78. The minimum absolute atomic E-state index is 0.0901. The van der Waals surface area contributed by atoms with E-state index in [-0.39, 0.29) is 17.1 Å². The third kappa shape index (κ3) is 3.64. The molecule has 154 valence electrons. The van der Waals surface area contributed by atoms with E-state index in [1.54, 1.807) is 18.2 Å². The lowest BCUT2D eigenvalue weighted by atomic mass is 10.0. The SMILES string of the molecule is COc1cccc(OC)c1C(=O)P(=O)(C(=O)c1c(C)cccc1C)C1CCCC1. The van der Waals surface area contributed by atoms with Crippen LogP contribution in [0.25, 0.3) is 0 Å². The van der Waals surface area contributed by atoms with Crippen molar-refractivity contribution in [1.29, 1.82) is 0 Å². The van der Waals surface area contributed by atoms with Crippen molar-refractivity contribution in [1.82, 2.24) is 0 Å². The van der Waals surface area contributed by atoms with Crippen LogP contribution in [0, 0.1) is 13.8 Å². The lowest BCUT2D eigenvalue weighted by molar-refractivity contribution is 0.103. The number of rotatable bonds is 7. The molecule has 5 nitrogen and oxygen atoms in total. The van der Waals surface area contributed by atoms with Crippen LogP contribution in [0.5, 0.6) is 11.5 Å². The highest BCUT2D eigenvalue weighted by Gasteiger charge is 2.50. The molecule has 2 aromatic rings. The molecule has 1 fully saturated rings. The molecule has 0 amide bonds. The summed E-state index contributed by atoms with van der Waals surface area (Å²) in [6, 6.07) is 10.4. The second-order valence-corrected chi connectivity index (χ2v) is 10.4. The maximum Gasteiger partial charge on any atom is 0.236 e. The molecule has 1 atom stereocenters. The first kappa shape index (κ1) is 21.3. The fourth-order valence-corrected chi connectivity index (χ4v) is 7.42. The Morgan fingerprint density at radius 1 is 0.828 bits per heavy atom. The molecule has 6 heteroatoms. The Morgan fingerprint density at radius 2 is 1.28 bits per heavy atom. The van der Waals surface area contributed by atoms with Crippen LogP contribution in [0.2, 0.25) is 0 Å². The molecule has 3 rings (SSSR count). The van der Waals surface area contributed by atoms with Gasteiger partial charge in [0.1, 0.15) is 17.1 Å². The molecule has 0 bridgehead atoms. The van der Waals surface area contributed by atoms with Crippen molar-refractivity contribution in [3.63, 3.8) is 0 Å². The molecule has 2 aromatic carbocycles. The van der Waals surface area contributed by atoms with Gasteiger partial charge < -0.3 is 14.0 Å². The van der Waals surface area contributed by atoms with E-state index in [0.717, 1.165) is 24.0 Å². The monoisotopic (exact) mass is 414 g/mol. The van der Waals surface area contributed by atoms with E-state index in [4.69, 9.17) is 9.47 Å². The number of carbonyl (C=O) groups is 2. The van der Waals surface area contributed by atoms with Crippen LogP contribution >= 0.6 is 7.14 Å². The van der Waals surface area contributed by atoms with Crippen molar-refractivity contribution in [2.45, 2.75) is 45.2 Å². The van der Waals surface area contributed by atoms with E-state index in [1.165, 1.54) is 14.2 Å². The zero-order valence-electron chi connectivity index (χ0n) is 17.4. The van der Waals surface area contributed by atoms with E-state index in [0.29, 0.717) is 18.4 Å². The Bertz CT molecular complexity index is 946. The summed E-state index contributed by atoms with van der Waals surface area (Å²) in [7, 11) is -1.08. The highest BCUT2D eigenvalue weighted by molar-refractivity contribution is 7.96. The summed E-state index contributed by atoms with van der Waals surface area (Å²) in [5, 5.41) is 0. The highest BCUT2D eigenvalue weighted by Crippen LogP contribution is 2.62. The van der Waals surface area contributed by atoms with Crippen LogP contribution in [-0.2, 0) is 4.57 Å². The Balaban J connectivity index is 2.23. The van der Waals surface area contributed by atoms with Crippen LogP contribution in [0.15, 0.2) is 36.4 Å². The van der Waals surface area contributed by atoms with Gasteiger partial charge in [-0.3, -0.25) is 9.59 Å². The molecule has 0 saturated heterocycles. The highest BCUT2D eigenvalue weighted by atomic mass is 31.2. The molecule has 0 heterocycles. The molecule has 0 N–H and O–H groups in total. The Hall–Kier alpha value is -2.39. The van der Waals surface area contributed by atoms with E-state index >= 15 is 0 Å². The molecule has 0 radical (unpaired) electrons. The molecular weight excluding hydrogens is 387 g/mol. The number of aryl methyl sites for hydroxylation is 2. The first-order valence-electron chi connectivity index (χ1n) is 9.83. The lowest BCUT2D eigenvalue weighted by Gasteiger charge is -2.25. The fraction of sp³-hybridized carbons (Fsp3) is 0.391. The Morgan fingerprint density at radius 3 is 1.76 bits per heavy atom. The standard InChI is InChI=1S/C23H27O5P/c1-15-9-7-10-16(2)20(15)22(24)29(26,17-11-5-6-12-17)23(25)21-18(27-3)13-8-14-19(21)28-4/h7-10,13-14,17H,5-6,11-12H2,1-4H3. The molecule has 1 aliphatic rings. The smallest absolute Gasteiger partial charge is 0.236 e. The average Bonchev–Trinajstić information content (AvgIpc) is 3.27. The summed E-state index contributed by atoms with van der Waals surface area (Å²) in [6.45, 7) is 3.63. The Labute approximate surface area is 171 Å². The molecule has 1 aliphatic carbocycles. The van der Waals surface area contributed by atoms with Gasteiger partial charge in [0, 0.05) is 11.2 Å².